The summed E-state index contributed by atoms with van der Waals surface area (Å²) in [5, 5.41) is 2.44. The van der Waals surface area contributed by atoms with E-state index in [1.54, 1.807) is 42.5 Å². The fourth-order valence-electron chi connectivity index (χ4n) is 2.90. The molecule has 9 heteroatoms. The highest BCUT2D eigenvalue weighted by Gasteiger charge is 2.19. The number of unbranched alkanes of at least 4 members (excludes halogenated alkanes) is 1. The third-order valence-electron chi connectivity index (χ3n) is 4.50. The summed E-state index contributed by atoms with van der Waals surface area (Å²) >= 11 is 0. The van der Waals surface area contributed by atoms with Crippen molar-refractivity contribution in [1.82, 2.24) is 14.9 Å². The molecule has 7 nitrogen and oxygen atoms in total. The predicted octanol–water partition coefficient (Wildman–Crippen LogP) is 4.08. The molecule has 3 aromatic rings. The summed E-state index contributed by atoms with van der Waals surface area (Å²) in [6, 6.07) is 13.0. The summed E-state index contributed by atoms with van der Waals surface area (Å²) in [7, 11) is 0. The minimum Gasteiger partial charge on any atom is -0.494 e. The van der Waals surface area contributed by atoms with Gasteiger partial charge < -0.3 is 14.8 Å². The number of hydrogen-bond donors (Lipinski definition) is 1. The number of carbonyl (C=O) groups is 2. The second-order valence-corrected chi connectivity index (χ2v) is 6.73. The molecule has 1 aromatic heterocycles. The van der Waals surface area contributed by atoms with Crippen LogP contribution < -0.4 is 10.1 Å². The molecule has 164 valence electrons. The molecule has 3 rings (SSSR count). The van der Waals surface area contributed by atoms with Crippen LogP contribution in [0.25, 0.3) is 11.0 Å². The van der Waals surface area contributed by atoms with Crippen molar-refractivity contribution in [3.05, 3.63) is 59.9 Å². The minimum atomic E-state index is -2.82. The molecule has 1 amide bonds. The average molecular weight is 431 g/mol. The Morgan fingerprint density at radius 1 is 1.13 bits per heavy atom. The molecule has 0 spiro atoms. The SMILES string of the molecule is CCCCOc1ccc(C(=O)NCC(=O)OCc2nc3ccccc3n2C(F)F)cc1. The van der Waals surface area contributed by atoms with Gasteiger partial charge in [-0.2, -0.15) is 8.78 Å². The van der Waals surface area contributed by atoms with E-state index in [0.717, 1.165) is 12.8 Å². The van der Waals surface area contributed by atoms with Gasteiger partial charge in [0.15, 0.2) is 5.82 Å². The highest BCUT2D eigenvalue weighted by atomic mass is 19.3. The van der Waals surface area contributed by atoms with Crippen LogP contribution in [0.4, 0.5) is 8.78 Å². The van der Waals surface area contributed by atoms with E-state index in [1.807, 2.05) is 0 Å². The Hall–Kier alpha value is -3.49. The number of carbonyl (C=O) groups excluding carboxylic acids is 2. The largest absolute Gasteiger partial charge is 0.494 e. The monoisotopic (exact) mass is 431 g/mol. The number of benzene rings is 2. The molecule has 0 unspecified atom stereocenters. The fourth-order valence-corrected chi connectivity index (χ4v) is 2.90. The van der Waals surface area contributed by atoms with Crippen molar-refractivity contribution in [3.8, 4) is 5.75 Å². The molecule has 0 bridgehead atoms. The summed E-state index contributed by atoms with van der Waals surface area (Å²) in [4.78, 5) is 28.2. The number of ether oxygens (including phenoxy) is 2. The van der Waals surface area contributed by atoms with Crippen LogP contribution in [0.1, 0.15) is 42.5 Å². The second kappa shape index (κ2) is 10.5. The van der Waals surface area contributed by atoms with E-state index in [0.29, 0.717) is 28.0 Å². The van der Waals surface area contributed by atoms with Crippen molar-refractivity contribution in [2.45, 2.75) is 32.9 Å². The van der Waals surface area contributed by atoms with E-state index in [1.165, 1.54) is 6.07 Å². The zero-order chi connectivity index (χ0) is 22.2. The lowest BCUT2D eigenvalue weighted by atomic mass is 10.2. The summed E-state index contributed by atoms with van der Waals surface area (Å²) in [5.74, 6) is -0.640. The lowest BCUT2D eigenvalue weighted by Crippen LogP contribution is -2.30. The van der Waals surface area contributed by atoms with Gasteiger partial charge in [-0.1, -0.05) is 25.5 Å². The van der Waals surface area contributed by atoms with Crippen molar-refractivity contribution in [2.75, 3.05) is 13.2 Å². The molecule has 0 radical (unpaired) electrons. The smallest absolute Gasteiger partial charge is 0.325 e. The summed E-state index contributed by atoms with van der Waals surface area (Å²) in [6.45, 7) is -0.987. The number of fused-ring (bicyclic) bond motifs is 1. The number of hydrogen-bond acceptors (Lipinski definition) is 5. The van der Waals surface area contributed by atoms with Crippen molar-refractivity contribution < 1.29 is 27.8 Å². The van der Waals surface area contributed by atoms with Gasteiger partial charge in [-0.05, 0) is 42.8 Å². The molecule has 1 N–H and O–H groups in total. The van der Waals surface area contributed by atoms with E-state index in [-0.39, 0.29) is 11.3 Å². The Labute approximate surface area is 178 Å². The van der Waals surface area contributed by atoms with Crippen LogP contribution in [0.3, 0.4) is 0 Å². The molecule has 31 heavy (non-hydrogen) atoms. The number of nitrogens with one attached hydrogen (secondary N) is 1. The quantitative estimate of drug-likeness (QED) is 0.386. The first kappa shape index (κ1) is 22.2. The van der Waals surface area contributed by atoms with Gasteiger partial charge in [-0.15, -0.1) is 0 Å². The van der Waals surface area contributed by atoms with Crippen LogP contribution in [0.5, 0.6) is 5.75 Å². The first-order valence-electron chi connectivity index (χ1n) is 9.90. The molecule has 0 aliphatic carbocycles. The van der Waals surface area contributed by atoms with Crippen LogP contribution in [0, 0.1) is 0 Å². The number of para-hydroxylation sites is 2. The van der Waals surface area contributed by atoms with Crippen molar-refractivity contribution in [1.29, 1.82) is 0 Å². The molecule has 0 aliphatic heterocycles. The van der Waals surface area contributed by atoms with Crippen LogP contribution in [-0.2, 0) is 16.1 Å². The van der Waals surface area contributed by atoms with E-state index in [4.69, 9.17) is 9.47 Å². The molecule has 0 saturated heterocycles. The molecule has 0 saturated carbocycles. The van der Waals surface area contributed by atoms with Crippen LogP contribution >= 0.6 is 0 Å². The number of esters is 1. The summed E-state index contributed by atoms with van der Waals surface area (Å²) in [5.41, 5.74) is 0.985. The molecular weight excluding hydrogens is 408 g/mol. The van der Waals surface area contributed by atoms with E-state index in [2.05, 4.69) is 17.2 Å². The Balaban J connectivity index is 1.51. The van der Waals surface area contributed by atoms with Crippen LogP contribution in [0.2, 0.25) is 0 Å². The molecular formula is C22H23F2N3O4. The molecule has 0 aliphatic rings. The maximum Gasteiger partial charge on any atom is 0.325 e. The molecule has 0 fully saturated rings. The standard InChI is InChI=1S/C22H23F2N3O4/c1-2-3-12-30-16-10-8-15(9-11-16)21(29)25-13-20(28)31-14-19-26-17-6-4-5-7-18(17)27(19)22(23)24/h4-11,22H,2-3,12-14H2,1H3,(H,25,29). The number of nitrogens with zero attached hydrogens (tertiary/aromatic N) is 2. The first-order valence-corrected chi connectivity index (χ1v) is 9.90. The Kier molecular flexibility index (Phi) is 7.53. The van der Waals surface area contributed by atoms with E-state index >= 15 is 0 Å². The van der Waals surface area contributed by atoms with Gasteiger partial charge in [0.1, 0.15) is 18.9 Å². The van der Waals surface area contributed by atoms with E-state index < -0.39 is 31.6 Å². The lowest BCUT2D eigenvalue weighted by molar-refractivity contribution is -0.144. The van der Waals surface area contributed by atoms with E-state index in [9.17, 15) is 18.4 Å². The Morgan fingerprint density at radius 3 is 2.58 bits per heavy atom. The number of imidazole rings is 1. The third-order valence-corrected chi connectivity index (χ3v) is 4.50. The van der Waals surface area contributed by atoms with Crippen LogP contribution in [-0.4, -0.2) is 34.6 Å². The normalized spacial score (nSPS) is 11.0. The highest BCUT2D eigenvalue weighted by Crippen LogP contribution is 2.23. The van der Waals surface area contributed by atoms with Gasteiger partial charge >= 0.3 is 12.5 Å². The van der Waals surface area contributed by atoms with Crippen molar-refractivity contribution in [2.24, 2.45) is 0 Å². The maximum absolute atomic E-state index is 13.4. The summed E-state index contributed by atoms with van der Waals surface area (Å²) < 4.78 is 38.0. The number of alkyl halides is 2. The zero-order valence-electron chi connectivity index (χ0n) is 17.0. The third kappa shape index (κ3) is 5.78. The number of aromatic nitrogens is 2. The van der Waals surface area contributed by atoms with Gasteiger partial charge in [0, 0.05) is 5.56 Å². The molecule has 1 heterocycles. The van der Waals surface area contributed by atoms with Gasteiger partial charge in [0.25, 0.3) is 5.91 Å². The fraction of sp³-hybridized carbons (Fsp3) is 0.318. The van der Waals surface area contributed by atoms with Gasteiger partial charge in [0.05, 0.1) is 17.6 Å². The minimum absolute atomic E-state index is 0.0745. The summed E-state index contributed by atoms with van der Waals surface area (Å²) in [6.07, 6.45) is 1.97. The second-order valence-electron chi connectivity index (χ2n) is 6.73. The highest BCUT2D eigenvalue weighted by molar-refractivity contribution is 5.96. The van der Waals surface area contributed by atoms with Crippen molar-refractivity contribution >= 4 is 22.9 Å². The Morgan fingerprint density at radius 2 is 1.87 bits per heavy atom. The molecule has 2 aromatic carbocycles. The number of amides is 1. The van der Waals surface area contributed by atoms with Crippen molar-refractivity contribution in [3.63, 3.8) is 0 Å². The topological polar surface area (TPSA) is 82.4 Å². The predicted molar refractivity (Wildman–Crippen MR) is 110 cm³/mol. The van der Waals surface area contributed by atoms with Gasteiger partial charge in [-0.3, -0.25) is 14.2 Å². The Bertz CT molecular complexity index is 1030. The maximum atomic E-state index is 13.4. The van der Waals surface area contributed by atoms with Gasteiger partial charge in [-0.25, -0.2) is 4.98 Å². The molecule has 0 atom stereocenters. The zero-order valence-corrected chi connectivity index (χ0v) is 17.0. The first-order chi connectivity index (χ1) is 15.0. The number of halogens is 2. The number of rotatable bonds is 10. The average Bonchev–Trinajstić information content (AvgIpc) is 3.15. The lowest BCUT2D eigenvalue weighted by Gasteiger charge is -2.09. The van der Waals surface area contributed by atoms with Crippen LogP contribution in [0.15, 0.2) is 48.5 Å². The van der Waals surface area contributed by atoms with Gasteiger partial charge in [0.2, 0.25) is 0 Å².